The van der Waals surface area contributed by atoms with Crippen LogP contribution in [0.2, 0.25) is 0 Å². The normalized spacial score (nSPS) is 34.4. The zero-order valence-electron chi connectivity index (χ0n) is 13.8. The first-order valence-electron chi connectivity index (χ1n) is 9.38. The Morgan fingerprint density at radius 3 is 2.82 bits per heavy atom. The van der Waals surface area contributed by atoms with Gasteiger partial charge in [-0.3, -0.25) is 9.69 Å². The highest BCUT2D eigenvalue weighted by Gasteiger charge is 2.39. The molecule has 4 heteroatoms. The quantitative estimate of drug-likeness (QED) is 0.676. The van der Waals surface area contributed by atoms with Crippen molar-refractivity contribution < 1.29 is 9.90 Å². The van der Waals surface area contributed by atoms with E-state index in [4.69, 9.17) is 0 Å². The molecule has 0 radical (unpaired) electrons. The third-order valence-corrected chi connectivity index (χ3v) is 6.24. The van der Waals surface area contributed by atoms with Crippen LogP contribution >= 0.6 is 0 Å². The highest BCUT2D eigenvalue weighted by molar-refractivity contribution is 5.76. The first kappa shape index (κ1) is 16.3. The van der Waals surface area contributed by atoms with Crippen molar-refractivity contribution in [3.05, 3.63) is 0 Å². The average molecular weight is 308 g/mol. The highest BCUT2D eigenvalue weighted by atomic mass is 16.3. The zero-order valence-corrected chi connectivity index (χ0v) is 13.8. The summed E-state index contributed by atoms with van der Waals surface area (Å²) in [6, 6.07) is 0.382. The number of hydrogen-bond acceptors (Lipinski definition) is 3. The van der Waals surface area contributed by atoms with Crippen molar-refractivity contribution in [3.8, 4) is 0 Å². The standard InChI is InChI=1S/C18H32N2O2/c21-13-17-4-3-9-20(17)8-2-1-7-19-18(22)12-16-11-14-5-6-15(16)10-14/h14-17,21H,1-13H2,(H,19,22). The lowest BCUT2D eigenvalue weighted by atomic mass is 9.86. The van der Waals surface area contributed by atoms with Crippen molar-refractivity contribution in [1.29, 1.82) is 0 Å². The number of nitrogens with one attached hydrogen (secondary N) is 1. The number of carbonyl (C=O) groups excluding carboxylic acids is 1. The van der Waals surface area contributed by atoms with Crippen molar-refractivity contribution in [2.75, 3.05) is 26.2 Å². The predicted octanol–water partition coefficient (Wildman–Crippen LogP) is 2.17. The summed E-state index contributed by atoms with van der Waals surface area (Å²) in [5, 5.41) is 12.4. The third-order valence-electron chi connectivity index (χ3n) is 6.24. The van der Waals surface area contributed by atoms with E-state index in [1.807, 2.05) is 0 Å². The number of rotatable bonds is 8. The molecule has 126 valence electrons. The second-order valence-corrected chi connectivity index (χ2v) is 7.71. The fraction of sp³-hybridized carbons (Fsp3) is 0.944. The Labute approximate surface area is 134 Å². The zero-order chi connectivity index (χ0) is 15.4. The van der Waals surface area contributed by atoms with Crippen LogP contribution in [0, 0.1) is 17.8 Å². The largest absolute Gasteiger partial charge is 0.395 e. The van der Waals surface area contributed by atoms with E-state index in [1.165, 1.54) is 32.1 Å². The van der Waals surface area contributed by atoms with Gasteiger partial charge < -0.3 is 10.4 Å². The topological polar surface area (TPSA) is 52.6 Å². The van der Waals surface area contributed by atoms with Crippen LogP contribution in [0.4, 0.5) is 0 Å². The van der Waals surface area contributed by atoms with Crippen LogP contribution < -0.4 is 5.32 Å². The Balaban J connectivity index is 1.23. The summed E-state index contributed by atoms with van der Waals surface area (Å²) >= 11 is 0. The number of likely N-dealkylation sites (tertiary alicyclic amines) is 1. The summed E-state index contributed by atoms with van der Waals surface area (Å²) in [5.41, 5.74) is 0. The van der Waals surface area contributed by atoms with Gasteiger partial charge in [0.15, 0.2) is 0 Å². The average Bonchev–Trinajstić information content (AvgIpc) is 3.22. The maximum atomic E-state index is 12.0. The van der Waals surface area contributed by atoms with Crippen LogP contribution in [0.3, 0.4) is 0 Å². The first-order chi connectivity index (χ1) is 10.8. The van der Waals surface area contributed by atoms with Crippen LogP contribution in [0.5, 0.6) is 0 Å². The first-order valence-corrected chi connectivity index (χ1v) is 9.38. The van der Waals surface area contributed by atoms with Crippen molar-refractivity contribution >= 4 is 5.91 Å². The van der Waals surface area contributed by atoms with Crippen molar-refractivity contribution in [1.82, 2.24) is 10.2 Å². The molecule has 1 heterocycles. The van der Waals surface area contributed by atoms with Crippen LogP contribution in [-0.4, -0.2) is 48.2 Å². The summed E-state index contributed by atoms with van der Waals surface area (Å²) in [7, 11) is 0. The molecule has 1 aliphatic heterocycles. The molecule has 3 fully saturated rings. The summed E-state index contributed by atoms with van der Waals surface area (Å²) in [5.74, 6) is 2.73. The van der Waals surface area contributed by atoms with E-state index in [0.29, 0.717) is 18.6 Å². The molecule has 3 aliphatic rings. The van der Waals surface area contributed by atoms with Crippen LogP contribution in [0.15, 0.2) is 0 Å². The minimum Gasteiger partial charge on any atom is -0.395 e. The van der Waals surface area contributed by atoms with E-state index in [0.717, 1.165) is 57.2 Å². The summed E-state index contributed by atoms with van der Waals surface area (Å²) < 4.78 is 0. The lowest BCUT2D eigenvalue weighted by Crippen LogP contribution is -2.33. The number of aliphatic hydroxyl groups is 1. The summed E-state index contributed by atoms with van der Waals surface area (Å²) in [6.45, 7) is 3.30. The van der Waals surface area contributed by atoms with Crippen LogP contribution in [0.25, 0.3) is 0 Å². The minimum atomic E-state index is 0.270. The van der Waals surface area contributed by atoms with Gasteiger partial charge in [0.2, 0.25) is 5.91 Å². The van der Waals surface area contributed by atoms with Gasteiger partial charge in [-0.15, -0.1) is 0 Å². The number of carbonyl (C=O) groups is 1. The van der Waals surface area contributed by atoms with Gasteiger partial charge in [0.1, 0.15) is 0 Å². The maximum absolute atomic E-state index is 12.0. The van der Waals surface area contributed by atoms with Crippen molar-refractivity contribution in [2.45, 2.75) is 63.8 Å². The summed E-state index contributed by atoms with van der Waals surface area (Å²) in [6.07, 6.45) is 10.7. The molecule has 1 amide bonds. The number of aliphatic hydroxyl groups excluding tert-OH is 1. The monoisotopic (exact) mass is 308 g/mol. The highest BCUT2D eigenvalue weighted by Crippen LogP contribution is 2.49. The number of amides is 1. The third kappa shape index (κ3) is 4.02. The van der Waals surface area contributed by atoms with E-state index in [-0.39, 0.29) is 5.91 Å². The predicted molar refractivity (Wildman–Crippen MR) is 87.5 cm³/mol. The fourth-order valence-electron chi connectivity index (χ4n) is 5.00. The van der Waals surface area contributed by atoms with E-state index < -0.39 is 0 Å². The Morgan fingerprint density at radius 2 is 2.09 bits per heavy atom. The number of unbranched alkanes of at least 4 members (excludes halogenated alkanes) is 1. The SMILES string of the molecule is O=C(CC1CC2CCC1C2)NCCCCN1CCCC1CO. The van der Waals surface area contributed by atoms with Crippen molar-refractivity contribution in [2.24, 2.45) is 17.8 Å². The molecule has 0 aromatic rings. The molecule has 4 nitrogen and oxygen atoms in total. The molecular weight excluding hydrogens is 276 g/mol. The Morgan fingerprint density at radius 1 is 1.18 bits per heavy atom. The van der Waals surface area contributed by atoms with Crippen LogP contribution in [0.1, 0.15) is 57.8 Å². The molecule has 2 saturated carbocycles. The molecule has 2 aliphatic carbocycles. The molecule has 1 saturated heterocycles. The van der Waals surface area contributed by atoms with Gasteiger partial charge >= 0.3 is 0 Å². The molecule has 0 spiro atoms. The van der Waals surface area contributed by atoms with Gasteiger partial charge in [-0.05, 0) is 75.8 Å². The van der Waals surface area contributed by atoms with E-state index >= 15 is 0 Å². The fourth-order valence-corrected chi connectivity index (χ4v) is 5.00. The number of hydrogen-bond donors (Lipinski definition) is 2. The van der Waals surface area contributed by atoms with Gasteiger partial charge in [-0.25, -0.2) is 0 Å². The van der Waals surface area contributed by atoms with E-state index in [2.05, 4.69) is 10.2 Å². The molecular formula is C18H32N2O2. The van der Waals surface area contributed by atoms with Crippen LogP contribution in [-0.2, 0) is 4.79 Å². The Kier molecular flexibility index (Phi) is 5.75. The number of fused-ring (bicyclic) bond motifs is 2. The van der Waals surface area contributed by atoms with E-state index in [1.54, 1.807) is 0 Å². The molecule has 22 heavy (non-hydrogen) atoms. The Bertz CT molecular complexity index is 374. The molecule has 0 aromatic heterocycles. The molecule has 3 rings (SSSR count). The molecule has 2 N–H and O–H groups in total. The van der Waals surface area contributed by atoms with Gasteiger partial charge in [-0.1, -0.05) is 6.42 Å². The van der Waals surface area contributed by atoms with Gasteiger partial charge in [0, 0.05) is 19.0 Å². The number of nitrogens with zero attached hydrogens (tertiary/aromatic N) is 1. The molecule has 4 atom stereocenters. The maximum Gasteiger partial charge on any atom is 0.220 e. The lowest BCUT2D eigenvalue weighted by Gasteiger charge is -2.22. The van der Waals surface area contributed by atoms with E-state index in [9.17, 15) is 9.90 Å². The molecule has 2 bridgehead atoms. The Hall–Kier alpha value is -0.610. The second kappa shape index (κ2) is 7.78. The summed E-state index contributed by atoms with van der Waals surface area (Å²) in [4.78, 5) is 14.4. The second-order valence-electron chi connectivity index (χ2n) is 7.71. The van der Waals surface area contributed by atoms with Gasteiger partial charge in [-0.2, -0.15) is 0 Å². The smallest absolute Gasteiger partial charge is 0.220 e. The lowest BCUT2D eigenvalue weighted by molar-refractivity contribution is -0.122. The molecule has 4 unspecified atom stereocenters. The minimum absolute atomic E-state index is 0.270. The molecule has 0 aromatic carbocycles. The van der Waals surface area contributed by atoms with Gasteiger partial charge in [0.05, 0.1) is 6.61 Å². The van der Waals surface area contributed by atoms with Gasteiger partial charge in [0.25, 0.3) is 0 Å². The van der Waals surface area contributed by atoms with Crippen molar-refractivity contribution in [3.63, 3.8) is 0 Å².